The number of nitrogens with zero attached hydrogens (tertiary/aromatic N) is 1. The number of benzene rings is 4. The monoisotopic (exact) mass is 552 g/mol. The van der Waals surface area contributed by atoms with Crippen LogP contribution in [0.5, 0.6) is 0 Å². The Kier molecular flexibility index (Phi) is 10.1. The van der Waals surface area contributed by atoms with Crippen molar-refractivity contribution in [2.75, 3.05) is 6.54 Å². The number of amides is 3. The first kappa shape index (κ1) is 28.9. The van der Waals surface area contributed by atoms with E-state index < -0.39 is 41.3 Å². The Morgan fingerprint density at radius 2 is 1.39 bits per heavy atom. The summed E-state index contributed by atoms with van der Waals surface area (Å²) in [6.07, 6.45) is 0.254. The van der Waals surface area contributed by atoms with E-state index in [0.717, 1.165) is 21.9 Å². The number of carbonyl (C=O) groups is 3. The molecule has 0 aromatic heterocycles. The number of Topliss-reactive ketones (excluding diaryl/α,β-unsaturated/α-hetero) is 1. The van der Waals surface area contributed by atoms with Crippen molar-refractivity contribution in [1.29, 1.82) is 0 Å². The highest BCUT2D eigenvalue weighted by Gasteiger charge is 2.29. The van der Waals surface area contributed by atoms with E-state index in [2.05, 4.69) is 16.0 Å². The van der Waals surface area contributed by atoms with Crippen LogP contribution in [0.4, 0.5) is 4.79 Å². The quantitative estimate of drug-likeness (QED) is 0.163. The third kappa shape index (κ3) is 8.72. The highest BCUT2D eigenvalue weighted by Crippen LogP contribution is 2.23. The standard InChI is InChI=1S/C32H32N4O5/c37-30(29(36(40)41)18-15-23-9-3-1-4-10-23)22-33-31(38)20-28(27-17-16-25-13-7-8-14-26(25)19-27)35-32(39)34-21-24-11-5-2-6-12-24/h1-14,16-17,19,28-29H,15,18,20-22H2,(H,33,38)(H2,34,35,39). The van der Waals surface area contributed by atoms with Gasteiger partial charge in [-0.25, -0.2) is 4.79 Å². The van der Waals surface area contributed by atoms with Crippen LogP contribution < -0.4 is 16.0 Å². The van der Waals surface area contributed by atoms with E-state index in [1.54, 1.807) is 0 Å². The van der Waals surface area contributed by atoms with Gasteiger partial charge in [0.25, 0.3) is 6.04 Å². The molecule has 9 nitrogen and oxygen atoms in total. The van der Waals surface area contributed by atoms with Crippen LogP contribution in [0.15, 0.2) is 103 Å². The van der Waals surface area contributed by atoms with Crippen LogP contribution in [0.2, 0.25) is 0 Å². The molecule has 3 amide bonds. The molecule has 4 rings (SSSR count). The maximum Gasteiger partial charge on any atom is 0.315 e. The van der Waals surface area contributed by atoms with Crippen molar-refractivity contribution in [3.05, 3.63) is 130 Å². The van der Waals surface area contributed by atoms with Gasteiger partial charge < -0.3 is 16.0 Å². The summed E-state index contributed by atoms with van der Waals surface area (Å²) in [6, 6.07) is 29.5. The Hall–Kier alpha value is -5.05. The number of hydrogen-bond acceptors (Lipinski definition) is 5. The van der Waals surface area contributed by atoms with Crippen molar-refractivity contribution in [3.63, 3.8) is 0 Å². The van der Waals surface area contributed by atoms with Gasteiger partial charge >= 0.3 is 6.03 Å². The summed E-state index contributed by atoms with van der Waals surface area (Å²) in [4.78, 5) is 49.4. The van der Waals surface area contributed by atoms with E-state index in [9.17, 15) is 24.5 Å². The Balaban J connectivity index is 1.39. The lowest BCUT2D eigenvalue weighted by molar-refractivity contribution is -0.508. The van der Waals surface area contributed by atoms with Gasteiger partial charge in [-0.15, -0.1) is 0 Å². The minimum atomic E-state index is -1.42. The van der Waals surface area contributed by atoms with Crippen LogP contribution in [0, 0.1) is 10.1 Å². The van der Waals surface area contributed by atoms with E-state index >= 15 is 0 Å². The van der Waals surface area contributed by atoms with Gasteiger partial charge in [-0.2, -0.15) is 0 Å². The van der Waals surface area contributed by atoms with Crippen molar-refractivity contribution in [1.82, 2.24) is 16.0 Å². The van der Waals surface area contributed by atoms with Crippen molar-refractivity contribution >= 4 is 28.5 Å². The zero-order chi connectivity index (χ0) is 29.0. The second-order valence-electron chi connectivity index (χ2n) is 9.74. The summed E-state index contributed by atoms with van der Waals surface area (Å²) in [7, 11) is 0. The average molecular weight is 553 g/mol. The van der Waals surface area contributed by atoms with Gasteiger partial charge in [0.1, 0.15) is 0 Å². The van der Waals surface area contributed by atoms with Crippen LogP contribution in [0.25, 0.3) is 10.8 Å². The fourth-order valence-electron chi connectivity index (χ4n) is 4.56. The van der Waals surface area contributed by atoms with Gasteiger partial charge in [0.05, 0.1) is 19.0 Å². The largest absolute Gasteiger partial charge is 0.349 e. The Morgan fingerprint density at radius 3 is 2.07 bits per heavy atom. The molecular weight excluding hydrogens is 520 g/mol. The summed E-state index contributed by atoms with van der Waals surface area (Å²) in [5.74, 6) is -1.18. The van der Waals surface area contributed by atoms with Crippen molar-refractivity contribution in [2.45, 2.75) is 37.9 Å². The Bertz CT molecular complexity index is 1490. The first-order valence-electron chi connectivity index (χ1n) is 13.4. The number of nitrogens with one attached hydrogen (secondary N) is 3. The van der Waals surface area contributed by atoms with Gasteiger partial charge in [-0.3, -0.25) is 19.7 Å². The van der Waals surface area contributed by atoms with Gasteiger partial charge in [0.15, 0.2) is 0 Å². The number of carbonyl (C=O) groups excluding carboxylic acids is 3. The summed E-state index contributed by atoms with van der Waals surface area (Å²) in [6.45, 7) is -0.160. The number of ketones is 1. The SMILES string of the molecule is O=C(CC(NC(=O)NCc1ccccc1)c1ccc2ccccc2c1)NCC(=O)C(CCc1ccccc1)[N+](=O)[O-]. The topological polar surface area (TPSA) is 130 Å². The molecule has 3 N–H and O–H groups in total. The number of urea groups is 1. The fraction of sp³-hybridized carbons (Fsp3) is 0.219. The van der Waals surface area contributed by atoms with Crippen molar-refractivity contribution < 1.29 is 19.3 Å². The molecular formula is C32H32N4O5. The predicted octanol–water partition coefficient (Wildman–Crippen LogP) is 4.73. The van der Waals surface area contributed by atoms with Crippen LogP contribution in [-0.4, -0.2) is 35.2 Å². The molecule has 0 bridgehead atoms. The third-order valence-electron chi connectivity index (χ3n) is 6.80. The summed E-state index contributed by atoms with van der Waals surface area (Å²) < 4.78 is 0. The molecule has 0 fully saturated rings. The zero-order valence-electron chi connectivity index (χ0n) is 22.5. The van der Waals surface area contributed by atoms with Gasteiger partial charge in [0, 0.05) is 17.9 Å². The molecule has 0 saturated heterocycles. The summed E-state index contributed by atoms with van der Waals surface area (Å²) in [5, 5.41) is 21.7. The normalized spacial score (nSPS) is 12.2. The molecule has 0 radical (unpaired) electrons. The third-order valence-corrected chi connectivity index (χ3v) is 6.80. The lowest BCUT2D eigenvalue weighted by Crippen LogP contribution is -2.42. The van der Waals surface area contributed by atoms with E-state index in [1.807, 2.05) is 103 Å². The molecule has 0 spiro atoms. The number of fused-ring (bicyclic) bond motifs is 1. The molecule has 0 saturated carbocycles. The first-order chi connectivity index (χ1) is 19.9. The second-order valence-corrected chi connectivity index (χ2v) is 9.74. The molecule has 0 aliphatic heterocycles. The molecule has 9 heteroatoms. The zero-order valence-corrected chi connectivity index (χ0v) is 22.5. The molecule has 0 aliphatic carbocycles. The molecule has 2 unspecified atom stereocenters. The highest BCUT2D eigenvalue weighted by atomic mass is 16.6. The van der Waals surface area contributed by atoms with Crippen molar-refractivity contribution in [2.24, 2.45) is 0 Å². The molecule has 4 aromatic carbocycles. The maximum atomic E-state index is 12.9. The van der Waals surface area contributed by atoms with E-state index in [1.165, 1.54) is 0 Å². The molecule has 41 heavy (non-hydrogen) atoms. The minimum Gasteiger partial charge on any atom is -0.349 e. The van der Waals surface area contributed by atoms with Gasteiger partial charge in [0.2, 0.25) is 11.7 Å². The predicted molar refractivity (Wildman–Crippen MR) is 157 cm³/mol. The summed E-state index contributed by atoms with van der Waals surface area (Å²) >= 11 is 0. The number of aryl methyl sites for hydroxylation is 1. The number of nitro groups is 1. The van der Waals surface area contributed by atoms with Crippen LogP contribution in [0.1, 0.15) is 35.6 Å². The Morgan fingerprint density at radius 1 is 0.756 bits per heavy atom. The molecule has 0 aliphatic rings. The lowest BCUT2D eigenvalue weighted by atomic mass is 9.99. The minimum absolute atomic E-state index is 0.0363. The molecule has 210 valence electrons. The van der Waals surface area contributed by atoms with E-state index in [-0.39, 0.29) is 12.8 Å². The number of rotatable bonds is 13. The maximum absolute atomic E-state index is 12.9. The smallest absolute Gasteiger partial charge is 0.315 e. The highest BCUT2D eigenvalue weighted by molar-refractivity contribution is 5.89. The van der Waals surface area contributed by atoms with E-state index in [4.69, 9.17) is 0 Å². The summed E-state index contributed by atoms with van der Waals surface area (Å²) in [5.41, 5.74) is 2.53. The van der Waals surface area contributed by atoms with Crippen LogP contribution in [-0.2, 0) is 22.6 Å². The molecule has 4 aromatic rings. The van der Waals surface area contributed by atoms with Crippen LogP contribution >= 0.6 is 0 Å². The second kappa shape index (κ2) is 14.4. The Labute approximate surface area is 238 Å². The molecule has 0 heterocycles. The van der Waals surface area contributed by atoms with E-state index in [0.29, 0.717) is 18.5 Å². The fourth-order valence-corrected chi connectivity index (χ4v) is 4.56. The molecule has 2 atom stereocenters. The van der Waals surface area contributed by atoms with Gasteiger partial charge in [-0.05, 0) is 39.9 Å². The lowest BCUT2D eigenvalue weighted by Gasteiger charge is -2.20. The average Bonchev–Trinajstić information content (AvgIpc) is 2.99. The first-order valence-corrected chi connectivity index (χ1v) is 13.4. The number of hydrogen-bond donors (Lipinski definition) is 3. The van der Waals surface area contributed by atoms with Crippen LogP contribution in [0.3, 0.4) is 0 Å². The van der Waals surface area contributed by atoms with Gasteiger partial charge in [-0.1, -0.05) is 97.1 Å². The van der Waals surface area contributed by atoms with Crippen molar-refractivity contribution in [3.8, 4) is 0 Å².